The Balaban J connectivity index is 2.08. The second-order valence-electron chi connectivity index (χ2n) is 9.56. The Hall–Kier alpha value is -1.58. The Morgan fingerprint density at radius 3 is 1.83 bits per heavy atom. The fourth-order valence-electron chi connectivity index (χ4n) is 3.83. The molecule has 0 saturated carbocycles. The zero-order valence-corrected chi connectivity index (χ0v) is 29.2. The standard InChI is InChI=1S/C27H44N3O8P3S/c1-9-27(2,39(42)29(3)28-20-24-12-14-25(33-4)15-13-24)38-26-16-10-23(11-17-26)18-19-30(21-40(31,34-5)35-6)22-41(32,36-7)37-8/h10-17,20,39H,9,18-19,21-22H2,1-8H3. The predicted molar refractivity (Wildman–Crippen MR) is 173 cm³/mol. The molecule has 2 aromatic rings. The molecule has 0 aliphatic heterocycles. The van der Waals surface area contributed by atoms with Crippen molar-refractivity contribution in [3.05, 3.63) is 59.7 Å². The molecule has 0 saturated heterocycles. The lowest BCUT2D eigenvalue weighted by Crippen LogP contribution is -2.30. The number of methoxy groups -OCH3 is 1. The van der Waals surface area contributed by atoms with Gasteiger partial charge in [0, 0.05) is 42.0 Å². The monoisotopic (exact) mass is 663 g/mol. The first kappa shape index (κ1) is 36.6. The molecule has 42 heavy (non-hydrogen) atoms. The smallest absolute Gasteiger partial charge is 0.344 e. The molecule has 2 aromatic carbocycles. The van der Waals surface area contributed by atoms with E-state index in [-0.39, 0.29) is 12.6 Å². The number of hydrazone groups is 1. The molecule has 0 aliphatic carbocycles. The summed E-state index contributed by atoms with van der Waals surface area (Å²) in [5, 5.41) is 3.99. The van der Waals surface area contributed by atoms with Gasteiger partial charge in [0.2, 0.25) is 0 Å². The Kier molecular flexibility index (Phi) is 14.9. The summed E-state index contributed by atoms with van der Waals surface area (Å²) in [6.45, 7) is 2.84. The molecule has 0 aromatic heterocycles. The molecule has 0 N–H and O–H groups in total. The molecule has 0 bridgehead atoms. The average Bonchev–Trinajstić information content (AvgIpc) is 3.02. The molecule has 2 unspecified atom stereocenters. The third-order valence-corrected chi connectivity index (χ3v) is 14.6. The van der Waals surface area contributed by atoms with Crippen molar-refractivity contribution >= 4 is 40.1 Å². The van der Waals surface area contributed by atoms with E-state index < -0.39 is 27.4 Å². The number of nitrogens with zero attached hydrogens (tertiary/aromatic N) is 3. The highest BCUT2D eigenvalue weighted by Crippen LogP contribution is 2.51. The van der Waals surface area contributed by atoms with E-state index in [9.17, 15) is 9.13 Å². The van der Waals surface area contributed by atoms with Crippen LogP contribution in [-0.2, 0) is 45.5 Å². The Morgan fingerprint density at radius 1 is 0.881 bits per heavy atom. The first-order valence-corrected chi connectivity index (χ1v) is 19.3. The first-order valence-electron chi connectivity index (χ1n) is 13.3. The van der Waals surface area contributed by atoms with E-state index in [0.29, 0.717) is 25.1 Å². The first-order chi connectivity index (χ1) is 19.9. The molecular formula is C27H44N3O8P3S. The Bertz CT molecular complexity index is 1220. The van der Waals surface area contributed by atoms with Crippen LogP contribution in [0.4, 0.5) is 0 Å². The molecule has 0 radical (unpaired) electrons. The van der Waals surface area contributed by atoms with Gasteiger partial charge in [-0.2, -0.15) is 5.10 Å². The summed E-state index contributed by atoms with van der Waals surface area (Å²) in [6, 6.07) is 15.4. The number of hydrogen-bond acceptors (Lipinski definition) is 11. The molecule has 15 heteroatoms. The van der Waals surface area contributed by atoms with Gasteiger partial charge in [-0.05, 0) is 67.3 Å². The Morgan fingerprint density at radius 2 is 1.38 bits per heavy atom. The van der Waals surface area contributed by atoms with E-state index in [2.05, 4.69) is 12.0 Å². The summed E-state index contributed by atoms with van der Waals surface area (Å²) in [7, 11) is 1.99. The second kappa shape index (κ2) is 17.0. The average molecular weight is 664 g/mol. The maximum atomic E-state index is 12.8. The Labute approximate surface area is 256 Å². The zero-order valence-electron chi connectivity index (χ0n) is 25.6. The molecule has 0 fully saturated rings. The molecule has 0 spiro atoms. The minimum atomic E-state index is -3.40. The fourth-order valence-corrected chi connectivity index (χ4v) is 8.27. The van der Waals surface area contributed by atoms with E-state index >= 15 is 0 Å². The van der Waals surface area contributed by atoms with Gasteiger partial charge in [-0.3, -0.25) is 18.8 Å². The van der Waals surface area contributed by atoms with Crippen LogP contribution in [0.25, 0.3) is 0 Å². The summed E-state index contributed by atoms with van der Waals surface area (Å²) in [6.07, 6.45) is 2.93. The van der Waals surface area contributed by atoms with Gasteiger partial charge >= 0.3 is 15.2 Å². The summed E-state index contributed by atoms with van der Waals surface area (Å²) in [5.74, 6) is 1.49. The van der Waals surface area contributed by atoms with Crippen molar-refractivity contribution in [3.8, 4) is 11.5 Å². The normalized spacial score (nSPS) is 14.6. The quantitative estimate of drug-likeness (QED) is 0.0935. The van der Waals surface area contributed by atoms with E-state index in [0.717, 1.165) is 16.9 Å². The zero-order chi connectivity index (χ0) is 31.4. The summed E-state index contributed by atoms with van der Waals surface area (Å²) in [5.41, 5.74) is 1.95. The summed E-state index contributed by atoms with van der Waals surface area (Å²) in [4.78, 5) is 1.70. The molecule has 0 aliphatic rings. The van der Waals surface area contributed by atoms with Gasteiger partial charge in [0.1, 0.15) is 29.4 Å². The van der Waals surface area contributed by atoms with Crippen LogP contribution < -0.4 is 9.47 Å². The van der Waals surface area contributed by atoms with Gasteiger partial charge < -0.3 is 27.6 Å². The topological polar surface area (TPSA) is 108 Å². The van der Waals surface area contributed by atoms with Crippen molar-refractivity contribution in [2.45, 2.75) is 32.0 Å². The van der Waals surface area contributed by atoms with Crippen molar-refractivity contribution in [1.82, 2.24) is 9.68 Å². The highest BCUT2D eigenvalue weighted by molar-refractivity contribution is 8.04. The maximum absolute atomic E-state index is 12.8. The second-order valence-corrected chi connectivity index (χ2v) is 17.5. The minimum Gasteiger partial charge on any atom is -0.497 e. The van der Waals surface area contributed by atoms with Crippen LogP contribution in [0.5, 0.6) is 11.5 Å². The van der Waals surface area contributed by atoms with Crippen LogP contribution in [0.2, 0.25) is 0 Å². The van der Waals surface area contributed by atoms with E-state index in [1.807, 2.05) is 67.3 Å². The van der Waals surface area contributed by atoms with Gasteiger partial charge in [-0.15, -0.1) is 0 Å². The lowest BCUT2D eigenvalue weighted by molar-refractivity contribution is 0.171. The largest absolute Gasteiger partial charge is 0.497 e. The van der Waals surface area contributed by atoms with Gasteiger partial charge in [-0.1, -0.05) is 30.9 Å². The van der Waals surface area contributed by atoms with Gasteiger partial charge in [0.15, 0.2) is 0 Å². The van der Waals surface area contributed by atoms with Crippen LogP contribution in [0.3, 0.4) is 0 Å². The fraction of sp³-hybridized carbons (Fsp3) is 0.519. The lowest BCUT2D eigenvalue weighted by atomic mass is 10.1. The van der Waals surface area contributed by atoms with Gasteiger partial charge in [0.25, 0.3) is 0 Å². The highest BCUT2D eigenvalue weighted by Gasteiger charge is 2.32. The van der Waals surface area contributed by atoms with Gasteiger partial charge in [0.05, 0.1) is 20.2 Å². The van der Waals surface area contributed by atoms with Crippen LogP contribution in [0.1, 0.15) is 31.4 Å². The molecule has 2 rings (SSSR count). The molecule has 11 nitrogen and oxygen atoms in total. The van der Waals surface area contributed by atoms with Crippen LogP contribution in [-0.4, -0.2) is 82.9 Å². The molecule has 0 amide bonds. The van der Waals surface area contributed by atoms with Crippen molar-refractivity contribution in [2.24, 2.45) is 5.10 Å². The summed E-state index contributed by atoms with van der Waals surface area (Å²) >= 11 is 5.95. The number of hydrogen-bond donors (Lipinski definition) is 0. The van der Waals surface area contributed by atoms with Crippen molar-refractivity contribution in [3.63, 3.8) is 0 Å². The van der Waals surface area contributed by atoms with Crippen LogP contribution in [0, 0.1) is 0 Å². The van der Waals surface area contributed by atoms with Crippen molar-refractivity contribution < 1.29 is 36.7 Å². The van der Waals surface area contributed by atoms with Crippen molar-refractivity contribution in [2.75, 3.05) is 61.7 Å². The van der Waals surface area contributed by atoms with E-state index in [4.69, 9.17) is 39.4 Å². The number of rotatable bonds is 19. The predicted octanol–water partition coefficient (Wildman–Crippen LogP) is 6.49. The lowest BCUT2D eigenvalue weighted by Gasteiger charge is -2.34. The van der Waals surface area contributed by atoms with Crippen molar-refractivity contribution in [1.29, 1.82) is 0 Å². The van der Waals surface area contributed by atoms with Crippen LogP contribution in [0.15, 0.2) is 53.6 Å². The highest BCUT2D eigenvalue weighted by atomic mass is 32.4. The van der Waals surface area contributed by atoms with Gasteiger partial charge in [-0.25, -0.2) is 0 Å². The third-order valence-electron chi connectivity index (χ3n) is 6.76. The minimum absolute atomic E-state index is 0.0646. The third kappa shape index (κ3) is 10.8. The SMILES string of the molecule is CCC(C)(Oc1ccc(CCN(CP(=O)(OC)OC)CP(=O)(OC)OC)cc1)[PH](=S)N(C)N=Cc1ccc(OC)cc1. The maximum Gasteiger partial charge on any atom is 0.344 e. The van der Waals surface area contributed by atoms with E-state index in [1.54, 1.807) is 18.2 Å². The molecular weight excluding hydrogens is 619 g/mol. The molecule has 236 valence electrons. The molecule has 2 atom stereocenters. The number of benzene rings is 2. The summed E-state index contributed by atoms with van der Waals surface area (Å²) < 4.78 is 59.4. The van der Waals surface area contributed by atoms with Crippen LogP contribution >= 0.6 is 22.0 Å². The number of ether oxygens (including phenoxy) is 2. The van der Waals surface area contributed by atoms with E-state index in [1.165, 1.54) is 28.4 Å². The molecule has 0 heterocycles.